The Kier molecular flexibility index (Phi) is 4.62. The van der Waals surface area contributed by atoms with E-state index in [4.69, 9.17) is 5.11 Å². The number of aryl methyl sites for hydroxylation is 2. The number of nitrogens with one attached hydrogen (secondary N) is 1. The van der Waals surface area contributed by atoms with Crippen molar-refractivity contribution in [3.8, 4) is 5.69 Å². The van der Waals surface area contributed by atoms with E-state index in [-0.39, 0.29) is 6.54 Å². The van der Waals surface area contributed by atoms with Crippen molar-refractivity contribution in [1.82, 2.24) is 25.5 Å². The molecule has 2 aromatic rings. The van der Waals surface area contributed by atoms with Crippen LogP contribution in [-0.4, -0.2) is 37.8 Å². The number of nitrogens with zero attached hydrogens (tertiary/aromatic N) is 4. The molecular weight excluding hydrogens is 306 g/mol. The fraction of sp³-hybridized carbons (Fsp3) is 0.529. The van der Waals surface area contributed by atoms with E-state index in [1.54, 1.807) is 4.68 Å². The Morgan fingerprint density at radius 2 is 1.92 bits per heavy atom. The van der Waals surface area contributed by atoms with Crippen LogP contribution in [0.2, 0.25) is 0 Å². The van der Waals surface area contributed by atoms with Gasteiger partial charge in [-0.2, -0.15) is 4.68 Å². The molecule has 7 heteroatoms. The molecule has 1 fully saturated rings. The van der Waals surface area contributed by atoms with E-state index >= 15 is 0 Å². The summed E-state index contributed by atoms with van der Waals surface area (Å²) in [6.07, 6.45) is 4.90. The minimum atomic E-state index is -0.869. The van der Waals surface area contributed by atoms with Crippen molar-refractivity contribution >= 4 is 5.97 Å². The Morgan fingerprint density at radius 1 is 1.25 bits per heavy atom. The molecule has 0 aliphatic heterocycles. The highest BCUT2D eigenvalue weighted by Crippen LogP contribution is 2.37. The molecule has 0 atom stereocenters. The zero-order chi connectivity index (χ0) is 17.2. The van der Waals surface area contributed by atoms with Gasteiger partial charge in [-0.15, -0.1) is 5.10 Å². The number of tetrazole rings is 1. The number of benzene rings is 1. The van der Waals surface area contributed by atoms with Crippen LogP contribution < -0.4 is 5.32 Å². The van der Waals surface area contributed by atoms with Crippen LogP contribution in [0.5, 0.6) is 0 Å². The van der Waals surface area contributed by atoms with Gasteiger partial charge in [-0.1, -0.05) is 37.5 Å². The highest BCUT2D eigenvalue weighted by Gasteiger charge is 2.39. The number of hydrogen-bond acceptors (Lipinski definition) is 5. The predicted molar refractivity (Wildman–Crippen MR) is 89.0 cm³/mol. The third-order valence-electron chi connectivity index (χ3n) is 4.83. The third-order valence-corrected chi connectivity index (χ3v) is 4.83. The lowest BCUT2D eigenvalue weighted by atomic mass is 9.80. The largest absolute Gasteiger partial charge is 0.480 e. The molecule has 24 heavy (non-hydrogen) atoms. The molecule has 1 aliphatic rings. The van der Waals surface area contributed by atoms with Crippen molar-refractivity contribution < 1.29 is 9.90 Å². The molecule has 1 saturated carbocycles. The maximum atomic E-state index is 11.1. The Morgan fingerprint density at radius 3 is 2.54 bits per heavy atom. The second kappa shape index (κ2) is 6.68. The number of carbonyl (C=O) groups is 1. The maximum absolute atomic E-state index is 11.1. The quantitative estimate of drug-likeness (QED) is 0.873. The Hall–Kier alpha value is -2.28. The summed E-state index contributed by atoms with van der Waals surface area (Å²) in [5, 5.41) is 24.8. The molecule has 0 unspecified atom stereocenters. The topological polar surface area (TPSA) is 92.9 Å². The minimum Gasteiger partial charge on any atom is -0.480 e. The summed E-state index contributed by atoms with van der Waals surface area (Å²) in [6, 6.07) is 6.08. The maximum Gasteiger partial charge on any atom is 0.317 e. The second-order valence-electron chi connectivity index (χ2n) is 6.54. The van der Waals surface area contributed by atoms with Gasteiger partial charge in [0.2, 0.25) is 0 Å². The Balaban J connectivity index is 2.07. The van der Waals surface area contributed by atoms with Crippen molar-refractivity contribution in [2.75, 3.05) is 6.54 Å². The van der Waals surface area contributed by atoms with Crippen molar-refractivity contribution in [3.05, 3.63) is 35.2 Å². The van der Waals surface area contributed by atoms with Crippen LogP contribution >= 0.6 is 0 Å². The lowest BCUT2D eigenvalue weighted by Crippen LogP contribution is -2.48. The molecule has 1 aromatic heterocycles. The molecule has 1 heterocycles. The second-order valence-corrected chi connectivity index (χ2v) is 6.54. The van der Waals surface area contributed by atoms with Crippen molar-refractivity contribution in [2.24, 2.45) is 0 Å². The van der Waals surface area contributed by atoms with Crippen LogP contribution in [0.15, 0.2) is 18.2 Å². The SMILES string of the molecule is Cc1cccc(C)c1-n1nnnc1C1(NCC(=O)O)CCCCC1. The number of carboxylic acids is 1. The normalized spacial score (nSPS) is 16.9. The number of carboxylic acid groups (broad SMARTS) is 1. The van der Waals surface area contributed by atoms with Crippen LogP contribution in [0.1, 0.15) is 49.1 Å². The van der Waals surface area contributed by atoms with Crippen LogP contribution in [0.25, 0.3) is 5.69 Å². The van der Waals surface area contributed by atoms with Gasteiger partial charge in [0.1, 0.15) is 0 Å². The predicted octanol–water partition coefficient (Wildman–Crippen LogP) is 2.11. The number of rotatable bonds is 5. The van der Waals surface area contributed by atoms with Gasteiger partial charge < -0.3 is 5.11 Å². The fourth-order valence-corrected chi connectivity index (χ4v) is 3.66. The Labute approximate surface area is 141 Å². The van der Waals surface area contributed by atoms with E-state index in [1.807, 2.05) is 32.0 Å². The van der Waals surface area contributed by atoms with E-state index in [0.29, 0.717) is 5.82 Å². The van der Waals surface area contributed by atoms with Crippen LogP contribution in [0.3, 0.4) is 0 Å². The minimum absolute atomic E-state index is 0.0976. The molecular formula is C17H23N5O2. The molecule has 0 spiro atoms. The molecule has 7 nitrogen and oxygen atoms in total. The van der Waals surface area contributed by atoms with Gasteiger partial charge in [0.25, 0.3) is 0 Å². The molecule has 1 aliphatic carbocycles. The van der Waals surface area contributed by atoms with Crippen molar-refractivity contribution in [3.63, 3.8) is 0 Å². The lowest BCUT2D eigenvalue weighted by Gasteiger charge is -2.36. The van der Waals surface area contributed by atoms with E-state index in [9.17, 15) is 4.79 Å². The number of aliphatic carboxylic acids is 1. The first kappa shape index (κ1) is 16.6. The standard InChI is InChI=1S/C17H23N5O2/c1-12-7-6-8-13(2)15(12)22-16(19-20-21-22)17(18-11-14(23)24)9-4-3-5-10-17/h6-8,18H,3-5,9-11H2,1-2H3,(H,23,24). The molecule has 0 bridgehead atoms. The summed E-state index contributed by atoms with van der Waals surface area (Å²) < 4.78 is 1.78. The van der Waals surface area contributed by atoms with Gasteiger partial charge in [0.05, 0.1) is 17.8 Å². The summed E-state index contributed by atoms with van der Waals surface area (Å²) >= 11 is 0. The summed E-state index contributed by atoms with van der Waals surface area (Å²) in [7, 11) is 0. The summed E-state index contributed by atoms with van der Waals surface area (Å²) in [5.74, 6) is -0.160. The number of para-hydroxylation sites is 1. The van der Waals surface area contributed by atoms with Crippen LogP contribution in [0, 0.1) is 13.8 Å². The monoisotopic (exact) mass is 329 g/mol. The van der Waals surface area contributed by atoms with Gasteiger partial charge in [-0.05, 0) is 48.2 Å². The first-order valence-electron chi connectivity index (χ1n) is 8.36. The summed E-state index contributed by atoms with van der Waals surface area (Å²) in [6.45, 7) is 3.97. The van der Waals surface area contributed by atoms with E-state index in [1.165, 1.54) is 0 Å². The third kappa shape index (κ3) is 3.03. The molecule has 128 valence electrons. The van der Waals surface area contributed by atoms with Crippen LogP contribution in [-0.2, 0) is 10.3 Å². The van der Waals surface area contributed by atoms with Crippen LogP contribution in [0.4, 0.5) is 0 Å². The molecule has 0 saturated heterocycles. The van der Waals surface area contributed by atoms with Crippen molar-refractivity contribution in [1.29, 1.82) is 0 Å². The zero-order valence-electron chi connectivity index (χ0n) is 14.1. The molecule has 2 N–H and O–H groups in total. The van der Waals surface area contributed by atoms with Gasteiger partial charge in [0.15, 0.2) is 5.82 Å². The smallest absolute Gasteiger partial charge is 0.317 e. The molecule has 3 rings (SSSR count). The number of hydrogen-bond donors (Lipinski definition) is 2. The van der Waals surface area contributed by atoms with E-state index in [2.05, 4.69) is 20.8 Å². The lowest BCUT2D eigenvalue weighted by molar-refractivity contribution is -0.136. The van der Waals surface area contributed by atoms with Gasteiger partial charge in [-0.3, -0.25) is 10.1 Å². The van der Waals surface area contributed by atoms with E-state index in [0.717, 1.165) is 48.9 Å². The molecule has 0 amide bonds. The summed E-state index contributed by atoms with van der Waals surface area (Å²) in [4.78, 5) is 11.1. The molecule has 1 aromatic carbocycles. The average molecular weight is 329 g/mol. The fourth-order valence-electron chi connectivity index (χ4n) is 3.66. The van der Waals surface area contributed by atoms with Gasteiger partial charge in [0, 0.05) is 0 Å². The highest BCUT2D eigenvalue weighted by molar-refractivity contribution is 5.69. The van der Waals surface area contributed by atoms with Gasteiger partial charge >= 0.3 is 5.97 Å². The van der Waals surface area contributed by atoms with Crippen molar-refractivity contribution in [2.45, 2.75) is 51.5 Å². The summed E-state index contributed by atoms with van der Waals surface area (Å²) in [5.41, 5.74) is 2.66. The number of aromatic nitrogens is 4. The average Bonchev–Trinajstić information content (AvgIpc) is 3.04. The van der Waals surface area contributed by atoms with E-state index < -0.39 is 11.5 Å². The highest BCUT2D eigenvalue weighted by atomic mass is 16.4. The first-order chi connectivity index (χ1) is 11.5. The Bertz CT molecular complexity index is 714. The zero-order valence-corrected chi connectivity index (χ0v) is 14.1. The first-order valence-corrected chi connectivity index (χ1v) is 8.36. The van der Waals surface area contributed by atoms with Gasteiger partial charge in [-0.25, -0.2) is 0 Å². The molecule has 0 radical (unpaired) electrons.